The van der Waals surface area contributed by atoms with Crippen molar-refractivity contribution in [2.75, 3.05) is 19.8 Å². The normalized spacial score (nSPS) is 21.9. The first kappa shape index (κ1) is 19.7. The van der Waals surface area contributed by atoms with Crippen LogP contribution in [-0.4, -0.2) is 35.5 Å². The molecule has 2 aliphatic heterocycles. The van der Waals surface area contributed by atoms with Gasteiger partial charge in [0.2, 0.25) is 5.88 Å². The number of ether oxygens (including phenoxy) is 2. The van der Waals surface area contributed by atoms with Crippen LogP contribution in [0.3, 0.4) is 0 Å². The second-order valence-corrected chi connectivity index (χ2v) is 8.43. The number of hydrogen-bond donors (Lipinski definition) is 0. The van der Waals surface area contributed by atoms with E-state index in [9.17, 15) is 4.79 Å². The Morgan fingerprint density at radius 3 is 2.77 bits per heavy atom. The Labute approximate surface area is 181 Å². The maximum Gasteiger partial charge on any atom is 0.257 e. The zero-order chi connectivity index (χ0) is 21.5. The average Bonchev–Trinajstić information content (AvgIpc) is 3.31. The summed E-state index contributed by atoms with van der Waals surface area (Å²) < 4.78 is 17.8. The lowest BCUT2D eigenvalue weighted by Gasteiger charge is -2.34. The first-order valence-electron chi connectivity index (χ1n) is 10.7. The molecule has 0 radical (unpaired) electrons. The molecule has 6 heteroatoms. The van der Waals surface area contributed by atoms with Crippen LogP contribution in [0.15, 0.2) is 52.9 Å². The number of hydrogen-bond acceptors (Lipinski definition) is 5. The van der Waals surface area contributed by atoms with E-state index in [4.69, 9.17) is 13.9 Å². The highest BCUT2D eigenvalue weighted by molar-refractivity contribution is 5.96. The molecule has 0 aliphatic carbocycles. The Kier molecular flexibility index (Phi) is 4.93. The van der Waals surface area contributed by atoms with Crippen molar-refractivity contribution in [2.45, 2.75) is 26.8 Å². The van der Waals surface area contributed by atoms with Crippen molar-refractivity contribution in [1.82, 2.24) is 9.88 Å². The predicted molar refractivity (Wildman–Crippen MR) is 115 cm³/mol. The second kappa shape index (κ2) is 7.76. The summed E-state index contributed by atoms with van der Waals surface area (Å²) in [6.07, 6.45) is 0. The van der Waals surface area contributed by atoms with Gasteiger partial charge in [0.25, 0.3) is 5.91 Å². The van der Waals surface area contributed by atoms with Gasteiger partial charge in [-0.15, -0.1) is 0 Å². The van der Waals surface area contributed by atoms with E-state index >= 15 is 0 Å². The van der Waals surface area contributed by atoms with Crippen LogP contribution in [0.4, 0.5) is 0 Å². The number of benzene rings is 1. The lowest BCUT2D eigenvalue weighted by atomic mass is 9.85. The van der Waals surface area contributed by atoms with E-state index in [0.29, 0.717) is 37.0 Å². The molecule has 1 saturated heterocycles. The molecule has 5 rings (SSSR count). The molecule has 31 heavy (non-hydrogen) atoms. The van der Waals surface area contributed by atoms with Gasteiger partial charge >= 0.3 is 0 Å². The van der Waals surface area contributed by atoms with Crippen molar-refractivity contribution in [3.05, 3.63) is 76.9 Å². The average molecular weight is 418 g/mol. The van der Waals surface area contributed by atoms with Crippen molar-refractivity contribution in [3.8, 4) is 11.6 Å². The molecule has 6 nitrogen and oxygen atoms in total. The highest BCUT2D eigenvalue weighted by Gasteiger charge is 2.48. The Balaban J connectivity index is 1.46. The van der Waals surface area contributed by atoms with Gasteiger partial charge < -0.3 is 18.8 Å². The van der Waals surface area contributed by atoms with Crippen molar-refractivity contribution < 1.29 is 18.7 Å². The summed E-state index contributed by atoms with van der Waals surface area (Å²) in [6.45, 7) is 7.29. The van der Waals surface area contributed by atoms with E-state index in [0.717, 1.165) is 22.8 Å². The van der Waals surface area contributed by atoms with Crippen LogP contribution < -0.4 is 9.47 Å². The molecular weight excluding hydrogens is 392 g/mol. The number of carbonyl (C=O) groups excluding carboxylic acids is 1. The largest absolute Gasteiger partial charge is 0.493 e. The molecule has 0 saturated carbocycles. The standard InChI is InChI=1S/C25H26N2O4/c1-15-7-6-10-23(26-15)30-13-18-12-27(25(28)20-11-16(2)31-17(20)3)24-19-8-4-5-9-22(19)29-14-21(18)24/h4-11,18,21,24H,12-14H2,1-3H3/t18-,21-,24-/m0/s1. The molecule has 3 atom stereocenters. The highest BCUT2D eigenvalue weighted by atomic mass is 16.5. The third-order valence-electron chi connectivity index (χ3n) is 6.29. The molecule has 1 amide bonds. The fourth-order valence-corrected chi connectivity index (χ4v) is 4.83. The zero-order valence-corrected chi connectivity index (χ0v) is 18.0. The van der Waals surface area contributed by atoms with E-state index in [1.165, 1.54) is 0 Å². The lowest BCUT2D eigenvalue weighted by Crippen LogP contribution is -2.35. The summed E-state index contributed by atoms with van der Waals surface area (Å²) in [5.74, 6) is 3.15. The molecule has 0 N–H and O–H groups in total. The Morgan fingerprint density at radius 1 is 1.16 bits per heavy atom. The van der Waals surface area contributed by atoms with Crippen LogP contribution in [0.25, 0.3) is 0 Å². The maximum absolute atomic E-state index is 13.6. The summed E-state index contributed by atoms with van der Waals surface area (Å²) in [6, 6.07) is 15.5. The number of fused-ring (bicyclic) bond motifs is 3. The summed E-state index contributed by atoms with van der Waals surface area (Å²) in [7, 11) is 0. The summed E-state index contributed by atoms with van der Waals surface area (Å²) in [5, 5.41) is 0. The summed E-state index contributed by atoms with van der Waals surface area (Å²) >= 11 is 0. The number of furan rings is 1. The third-order valence-corrected chi connectivity index (χ3v) is 6.29. The number of rotatable bonds is 4. The fourth-order valence-electron chi connectivity index (χ4n) is 4.83. The van der Waals surface area contributed by atoms with Crippen LogP contribution in [0.1, 0.15) is 39.2 Å². The Morgan fingerprint density at radius 2 is 2.00 bits per heavy atom. The van der Waals surface area contributed by atoms with Gasteiger partial charge in [-0.3, -0.25) is 4.79 Å². The van der Waals surface area contributed by atoms with Gasteiger partial charge in [-0.2, -0.15) is 0 Å². The molecule has 1 fully saturated rings. The molecule has 160 valence electrons. The van der Waals surface area contributed by atoms with E-state index in [1.54, 1.807) is 0 Å². The van der Waals surface area contributed by atoms with Crippen molar-refractivity contribution in [3.63, 3.8) is 0 Å². The van der Waals surface area contributed by atoms with Crippen molar-refractivity contribution in [1.29, 1.82) is 0 Å². The monoisotopic (exact) mass is 418 g/mol. The Bertz CT molecular complexity index is 1120. The molecule has 1 aromatic carbocycles. The fraction of sp³-hybridized carbons (Fsp3) is 0.360. The molecular formula is C25H26N2O4. The van der Waals surface area contributed by atoms with Crippen LogP contribution >= 0.6 is 0 Å². The number of aryl methyl sites for hydroxylation is 3. The molecule has 0 spiro atoms. The molecule has 4 heterocycles. The van der Waals surface area contributed by atoms with Gasteiger partial charge in [-0.05, 0) is 39.0 Å². The second-order valence-electron chi connectivity index (χ2n) is 8.43. The van der Waals surface area contributed by atoms with E-state index in [-0.39, 0.29) is 23.8 Å². The third kappa shape index (κ3) is 3.56. The van der Waals surface area contributed by atoms with E-state index < -0.39 is 0 Å². The van der Waals surface area contributed by atoms with Gasteiger partial charge in [-0.1, -0.05) is 24.3 Å². The number of carbonyl (C=O) groups is 1. The minimum Gasteiger partial charge on any atom is -0.493 e. The smallest absolute Gasteiger partial charge is 0.257 e. The van der Waals surface area contributed by atoms with Gasteiger partial charge in [0.1, 0.15) is 17.3 Å². The summed E-state index contributed by atoms with van der Waals surface area (Å²) in [5.41, 5.74) is 2.60. The molecule has 2 aliphatic rings. The number of nitrogens with zero attached hydrogens (tertiary/aromatic N) is 2. The number of para-hydroxylation sites is 1. The van der Waals surface area contributed by atoms with E-state index in [1.807, 2.05) is 68.1 Å². The van der Waals surface area contributed by atoms with Crippen LogP contribution in [-0.2, 0) is 0 Å². The number of amides is 1. The topological polar surface area (TPSA) is 64.8 Å². The minimum absolute atomic E-state index is 0.00256. The van der Waals surface area contributed by atoms with Crippen LogP contribution in [0, 0.1) is 32.6 Å². The molecule has 2 aromatic heterocycles. The first-order valence-corrected chi connectivity index (χ1v) is 10.7. The lowest BCUT2D eigenvalue weighted by molar-refractivity contribution is 0.0673. The number of likely N-dealkylation sites (tertiary alicyclic amines) is 1. The van der Waals surface area contributed by atoms with Crippen LogP contribution in [0.5, 0.6) is 11.6 Å². The maximum atomic E-state index is 13.6. The molecule has 3 aromatic rings. The van der Waals surface area contributed by atoms with Crippen molar-refractivity contribution >= 4 is 5.91 Å². The Hall–Kier alpha value is -3.28. The minimum atomic E-state index is -0.0499. The van der Waals surface area contributed by atoms with Gasteiger partial charge in [0.15, 0.2) is 0 Å². The number of pyridine rings is 1. The van der Waals surface area contributed by atoms with Gasteiger partial charge in [-0.25, -0.2) is 4.98 Å². The quantitative estimate of drug-likeness (QED) is 0.624. The number of aromatic nitrogens is 1. The highest BCUT2D eigenvalue weighted by Crippen LogP contribution is 2.48. The predicted octanol–water partition coefficient (Wildman–Crippen LogP) is 4.50. The molecule has 0 bridgehead atoms. The van der Waals surface area contributed by atoms with E-state index in [2.05, 4.69) is 11.1 Å². The molecule has 0 unspecified atom stereocenters. The zero-order valence-electron chi connectivity index (χ0n) is 18.0. The van der Waals surface area contributed by atoms with Gasteiger partial charge in [0, 0.05) is 35.7 Å². The first-order chi connectivity index (χ1) is 15.0. The summed E-state index contributed by atoms with van der Waals surface area (Å²) in [4.78, 5) is 20.0. The SMILES string of the molecule is Cc1cccc(OC[C@@H]2CN(C(=O)c3cc(C)oc3C)[C@H]3c4ccccc4OC[C@@H]23)n1. The van der Waals surface area contributed by atoms with Crippen molar-refractivity contribution in [2.24, 2.45) is 11.8 Å². The van der Waals surface area contributed by atoms with Crippen LogP contribution in [0.2, 0.25) is 0 Å². The van der Waals surface area contributed by atoms with Gasteiger partial charge in [0.05, 0.1) is 24.8 Å².